The van der Waals surface area contributed by atoms with Crippen LogP contribution in [-0.4, -0.2) is 32.8 Å². The van der Waals surface area contributed by atoms with E-state index in [1.54, 1.807) is 14.2 Å². The molecule has 0 saturated carbocycles. The van der Waals surface area contributed by atoms with Crippen molar-refractivity contribution in [1.82, 2.24) is 0 Å². The highest BCUT2D eigenvalue weighted by Crippen LogP contribution is 2.35. The quantitative estimate of drug-likeness (QED) is 0.783. The first-order valence-electron chi connectivity index (χ1n) is 5.99. The Hall–Kier alpha value is -1.75. The van der Waals surface area contributed by atoms with Crippen LogP contribution in [0, 0.1) is 0 Å². The molecule has 0 bridgehead atoms. The lowest BCUT2D eigenvalue weighted by molar-refractivity contribution is -0.117. The Morgan fingerprint density at radius 2 is 2.17 bits per heavy atom. The molecule has 1 amide bonds. The number of hydrogen-bond acceptors (Lipinski definition) is 4. The number of hydrogen-bond donors (Lipinski definition) is 2. The molecule has 1 unspecified atom stereocenters. The van der Waals surface area contributed by atoms with Crippen LogP contribution in [0.2, 0.25) is 0 Å². The fourth-order valence-electron chi connectivity index (χ4n) is 2.05. The SMILES string of the molecule is COCCCC1Nc2cccc(OC)c2NC1=O. The molecule has 5 nitrogen and oxygen atoms in total. The van der Waals surface area contributed by atoms with Crippen molar-refractivity contribution < 1.29 is 14.3 Å². The van der Waals surface area contributed by atoms with Crippen LogP contribution >= 0.6 is 0 Å². The molecule has 1 aliphatic heterocycles. The average Bonchev–Trinajstić information content (AvgIpc) is 2.39. The number of carbonyl (C=O) groups excluding carboxylic acids is 1. The molecule has 1 aromatic rings. The molecule has 0 aliphatic carbocycles. The topological polar surface area (TPSA) is 59.6 Å². The zero-order valence-electron chi connectivity index (χ0n) is 10.7. The molecule has 98 valence electrons. The van der Waals surface area contributed by atoms with Gasteiger partial charge in [-0.1, -0.05) is 6.07 Å². The summed E-state index contributed by atoms with van der Waals surface area (Å²) in [6.07, 6.45) is 1.59. The third-order valence-electron chi connectivity index (χ3n) is 2.98. The van der Waals surface area contributed by atoms with Crippen LogP contribution < -0.4 is 15.4 Å². The molecular weight excluding hydrogens is 232 g/mol. The molecule has 18 heavy (non-hydrogen) atoms. The van der Waals surface area contributed by atoms with Crippen LogP contribution in [0.25, 0.3) is 0 Å². The number of fused-ring (bicyclic) bond motifs is 1. The lowest BCUT2D eigenvalue weighted by Crippen LogP contribution is -2.39. The maximum atomic E-state index is 11.9. The van der Waals surface area contributed by atoms with E-state index < -0.39 is 0 Å². The van der Waals surface area contributed by atoms with E-state index in [2.05, 4.69) is 10.6 Å². The molecule has 1 aliphatic rings. The van der Waals surface area contributed by atoms with Crippen LogP contribution in [0.1, 0.15) is 12.8 Å². The van der Waals surface area contributed by atoms with Crippen molar-refractivity contribution in [1.29, 1.82) is 0 Å². The number of methoxy groups -OCH3 is 2. The third-order valence-corrected chi connectivity index (χ3v) is 2.98. The van der Waals surface area contributed by atoms with Crippen LogP contribution in [-0.2, 0) is 9.53 Å². The number of rotatable bonds is 5. The molecule has 0 radical (unpaired) electrons. The van der Waals surface area contributed by atoms with Gasteiger partial charge in [-0.15, -0.1) is 0 Å². The molecule has 0 fully saturated rings. The van der Waals surface area contributed by atoms with E-state index in [0.717, 1.165) is 18.5 Å². The van der Waals surface area contributed by atoms with E-state index in [1.807, 2.05) is 18.2 Å². The van der Waals surface area contributed by atoms with Crippen LogP contribution in [0.3, 0.4) is 0 Å². The molecule has 1 atom stereocenters. The molecule has 1 heterocycles. The molecule has 2 rings (SSSR count). The highest BCUT2D eigenvalue weighted by Gasteiger charge is 2.26. The second kappa shape index (κ2) is 5.73. The van der Waals surface area contributed by atoms with Crippen LogP contribution in [0.5, 0.6) is 5.75 Å². The van der Waals surface area contributed by atoms with E-state index in [0.29, 0.717) is 18.0 Å². The molecule has 1 aromatic carbocycles. The standard InChI is InChI=1S/C13H18N2O3/c1-17-8-4-6-10-13(16)15-12-9(14-10)5-3-7-11(12)18-2/h3,5,7,10,14H,4,6,8H2,1-2H3,(H,15,16). The summed E-state index contributed by atoms with van der Waals surface area (Å²) in [5.74, 6) is 0.645. The second-order valence-corrected chi connectivity index (χ2v) is 4.20. The summed E-state index contributed by atoms with van der Waals surface area (Å²) in [7, 11) is 3.25. The first-order chi connectivity index (χ1) is 8.76. The summed E-state index contributed by atoms with van der Waals surface area (Å²) < 4.78 is 10.2. The van der Waals surface area contributed by atoms with Gasteiger partial charge in [0.2, 0.25) is 5.91 Å². The van der Waals surface area contributed by atoms with Gasteiger partial charge < -0.3 is 20.1 Å². The zero-order valence-corrected chi connectivity index (χ0v) is 10.7. The lowest BCUT2D eigenvalue weighted by Gasteiger charge is -2.27. The number of para-hydroxylation sites is 1. The monoisotopic (exact) mass is 250 g/mol. The van der Waals surface area contributed by atoms with Crippen molar-refractivity contribution in [3.63, 3.8) is 0 Å². The van der Waals surface area contributed by atoms with Gasteiger partial charge in [0.1, 0.15) is 17.5 Å². The fraction of sp³-hybridized carbons (Fsp3) is 0.462. The van der Waals surface area contributed by atoms with Gasteiger partial charge in [0.05, 0.1) is 12.8 Å². The first kappa shape index (κ1) is 12.7. The van der Waals surface area contributed by atoms with Crippen molar-refractivity contribution in [2.24, 2.45) is 0 Å². The van der Waals surface area contributed by atoms with Crippen molar-refractivity contribution in [2.75, 3.05) is 31.5 Å². The molecule has 0 aromatic heterocycles. The summed E-state index contributed by atoms with van der Waals surface area (Å²) in [6, 6.07) is 5.45. The minimum atomic E-state index is -0.209. The third kappa shape index (κ3) is 2.56. The van der Waals surface area contributed by atoms with Gasteiger partial charge in [0.25, 0.3) is 0 Å². The smallest absolute Gasteiger partial charge is 0.247 e. The van der Waals surface area contributed by atoms with Crippen molar-refractivity contribution in [3.05, 3.63) is 18.2 Å². The molecule has 5 heteroatoms. The predicted octanol–water partition coefficient (Wildman–Crippen LogP) is 1.85. The number of anilines is 2. The first-order valence-corrected chi connectivity index (χ1v) is 5.99. The largest absolute Gasteiger partial charge is 0.494 e. The Labute approximate surface area is 106 Å². The van der Waals surface area contributed by atoms with Gasteiger partial charge in [-0.05, 0) is 25.0 Å². The Morgan fingerprint density at radius 3 is 2.89 bits per heavy atom. The number of carbonyl (C=O) groups is 1. The van der Waals surface area contributed by atoms with E-state index in [1.165, 1.54) is 0 Å². The van der Waals surface area contributed by atoms with Crippen molar-refractivity contribution >= 4 is 17.3 Å². The number of benzene rings is 1. The highest BCUT2D eigenvalue weighted by atomic mass is 16.5. The summed E-state index contributed by atoms with van der Waals surface area (Å²) in [6.45, 7) is 0.663. The van der Waals surface area contributed by atoms with E-state index in [4.69, 9.17) is 9.47 Å². The van der Waals surface area contributed by atoms with Gasteiger partial charge in [-0.3, -0.25) is 4.79 Å². The van der Waals surface area contributed by atoms with E-state index >= 15 is 0 Å². The minimum Gasteiger partial charge on any atom is -0.494 e. The molecule has 2 N–H and O–H groups in total. The van der Waals surface area contributed by atoms with E-state index in [9.17, 15) is 4.79 Å². The minimum absolute atomic E-state index is 0.0249. The molecule has 0 saturated heterocycles. The number of amides is 1. The van der Waals surface area contributed by atoms with Crippen molar-refractivity contribution in [3.8, 4) is 5.75 Å². The van der Waals surface area contributed by atoms with Gasteiger partial charge in [0, 0.05) is 13.7 Å². The van der Waals surface area contributed by atoms with Gasteiger partial charge >= 0.3 is 0 Å². The van der Waals surface area contributed by atoms with Gasteiger partial charge in [-0.2, -0.15) is 0 Å². The molecular formula is C13H18N2O3. The van der Waals surface area contributed by atoms with Crippen LogP contribution in [0.15, 0.2) is 18.2 Å². The normalized spacial score (nSPS) is 17.7. The van der Waals surface area contributed by atoms with Crippen molar-refractivity contribution in [2.45, 2.75) is 18.9 Å². The Kier molecular flexibility index (Phi) is 4.04. The number of nitrogens with one attached hydrogen (secondary N) is 2. The summed E-state index contributed by atoms with van der Waals surface area (Å²) in [5.41, 5.74) is 1.62. The number of ether oxygens (including phenoxy) is 2. The Balaban J connectivity index is 2.11. The van der Waals surface area contributed by atoms with Crippen LogP contribution in [0.4, 0.5) is 11.4 Å². The Morgan fingerprint density at radius 1 is 1.33 bits per heavy atom. The average molecular weight is 250 g/mol. The fourth-order valence-corrected chi connectivity index (χ4v) is 2.05. The lowest BCUT2D eigenvalue weighted by atomic mass is 10.1. The van der Waals surface area contributed by atoms with Gasteiger partial charge in [0.15, 0.2) is 0 Å². The highest BCUT2D eigenvalue weighted by molar-refractivity contribution is 6.04. The maximum absolute atomic E-state index is 11.9. The second-order valence-electron chi connectivity index (χ2n) is 4.20. The summed E-state index contributed by atoms with van der Waals surface area (Å²) >= 11 is 0. The zero-order chi connectivity index (χ0) is 13.0. The Bertz CT molecular complexity index is 434. The maximum Gasteiger partial charge on any atom is 0.247 e. The summed E-state index contributed by atoms with van der Waals surface area (Å²) in [4.78, 5) is 11.9. The predicted molar refractivity (Wildman–Crippen MR) is 70.1 cm³/mol. The summed E-state index contributed by atoms with van der Waals surface area (Å²) in [5, 5.41) is 6.12. The van der Waals surface area contributed by atoms with Gasteiger partial charge in [-0.25, -0.2) is 0 Å². The molecule has 0 spiro atoms. The van der Waals surface area contributed by atoms with E-state index in [-0.39, 0.29) is 11.9 Å².